The van der Waals surface area contributed by atoms with Crippen LogP contribution in [-0.2, 0) is 24.2 Å². The van der Waals surface area contributed by atoms with E-state index in [1.165, 1.54) is 31.2 Å². The topological polar surface area (TPSA) is 185 Å². The molecular weight excluding hydrogens is 633 g/mol. The Bertz CT molecular complexity index is 1850. The molecule has 5 N–H and O–H groups in total. The molecule has 244 valence electrons. The van der Waals surface area contributed by atoms with E-state index in [1.54, 1.807) is 0 Å². The van der Waals surface area contributed by atoms with Crippen LogP contribution in [0, 0.1) is 23.4 Å². The molecule has 1 heterocycles. The fourth-order valence-corrected chi connectivity index (χ4v) is 6.32. The average molecular weight is 663 g/mol. The van der Waals surface area contributed by atoms with E-state index in [4.69, 9.17) is 10.5 Å². The minimum Gasteiger partial charge on any atom is -0.494 e. The van der Waals surface area contributed by atoms with Gasteiger partial charge in [0.15, 0.2) is 21.4 Å². The number of sulfone groups is 1. The highest BCUT2D eigenvalue weighted by molar-refractivity contribution is 7.90. The zero-order chi connectivity index (χ0) is 34.1. The van der Waals surface area contributed by atoms with Crippen molar-refractivity contribution >= 4 is 44.9 Å². The summed E-state index contributed by atoms with van der Waals surface area (Å²) in [6.45, 7) is 0.990. The van der Waals surface area contributed by atoms with Crippen LogP contribution in [0.5, 0.6) is 5.75 Å². The van der Waals surface area contributed by atoms with Crippen molar-refractivity contribution in [1.29, 1.82) is 0 Å². The molecular formula is C30H29F3N4O8S. The number of rotatable bonds is 10. The maximum absolute atomic E-state index is 15.0. The van der Waals surface area contributed by atoms with Crippen molar-refractivity contribution in [2.75, 3.05) is 30.5 Å². The molecule has 0 unspecified atom stereocenters. The Labute approximate surface area is 261 Å². The number of hydrogen-bond acceptors (Lipinski definition) is 8. The monoisotopic (exact) mass is 662 g/mol. The van der Waals surface area contributed by atoms with Gasteiger partial charge >= 0.3 is 5.97 Å². The molecule has 3 aromatic rings. The molecule has 0 aromatic heterocycles. The third-order valence-electron chi connectivity index (χ3n) is 7.42. The predicted molar refractivity (Wildman–Crippen MR) is 158 cm³/mol. The number of carboxylic acids is 1. The van der Waals surface area contributed by atoms with Gasteiger partial charge in [0.25, 0.3) is 5.91 Å². The van der Waals surface area contributed by atoms with E-state index in [9.17, 15) is 41.5 Å². The van der Waals surface area contributed by atoms with Crippen LogP contribution in [0.15, 0.2) is 53.4 Å². The van der Waals surface area contributed by atoms with Gasteiger partial charge in [-0.1, -0.05) is 6.07 Å². The maximum atomic E-state index is 15.0. The summed E-state index contributed by atoms with van der Waals surface area (Å²) in [5, 5.41) is 15.2. The Balaban J connectivity index is 1.92. The zero-order valence-electron chi connectivity index (χ0n) is 24.6. The second-order valence-electron chi connectivity index (χ2n) is 10.6. The Hall–Kier alpha value is -5.12. The van der Waals surface area contributed by atoms with Gasteiger partial charge in [0.1, 0.15) is 17.7 Å². The third kappa shape index (κ3) is 6.91. The van der Waals surface area contributed by atoms with Gasteiger partial charge < -0.3 is 31.1 Å². The zero-order valence-corrected chi connectivity index (χ0v) is 25.5. The summed E-state index contributed by atoms with van der Waals surface area (Å²) in [6, 6.07) is 5.05. The summed E-state index contributed by atoms with van der Waals surface area (Å²) in [4.78, 5) is 51.2. The molecule has 3 aromatic carbocycles. The van der Waals surface area contributed by atoms with E-state index in [2.05, 4.69) is 10.6 Å². The molecule has 46 heavy (non-hydrogen) atoms. The number of carbonyl (C=O) groups is 4. The number of methoxy groups -OCH3 is 1. The van der Waals surface area contributed by atoms with Gasteiger partial charge in [0, 0.05) is 31.5 Å². The van der Waals surface area contributed by atoms with Crippen molar-refractivity contribution in [3.05, 3.63) is 82.7 Å². The highest BCUT2D eigenvalue weighted by atomic mass is 32.2. The number of carboxylic acid groups (broad SMARTS) is 1. The van der Waals surface area contributed by atoms with Crippen LogP contribution in [0.2, 0.25) is 0 Å². The molecule has 1 aliphatic rings. The third-order valence-corrected chi connectivity index (χ3v) is 8.59. The number of likely N-dealkylation sites (tertiary alicyclic amines) is 1. The second-order valence-corrected chi connectivity index (χ2v) is 12.5. The first-order valence-corrected chi connectivity index (χ1v) is 15.5. The van der Waals surface area contributed by atoms with Crippen LogP contribution in [-0.4, -0.2) is 62.0 Å². The number of benzene rings is 3. The lowest BCUT2D eigenvalue weighted by atomic mass is 9.92. The number of primary amides is 1. The Morgan fingerprint density at radius 3 is 2.30 bits per heavy atom. The molecule has 0 aliphatic carbocycles. The van der Waals surface area contributed by atoms with Gasteiger partial charge in [-0.3, -0.25) is 19.2 Å². The van der Waals surface area contributed by atoms with Crippen LogP contribution in [0.25, 0.3) is 0 Å². The van der Waals surface area contributed by atoms with Crippen molar-refractivity contribution in [2.24, 2.45) is 11.7 Å². The van der Waals surface area contributed by atoms with Crippen LogP contribution in [0.3, 0.4) is 0 Å². The molecule has 0 spiro atoms. The number of carbonyl (C=O) groups excluding carboxylic acids is 3. The fourth-order valence-electron chi connectivity index (χ4n) is 5.39. The highest BCUT2D eigenvalue weighted by Gasteiger charge is 2.46. The van der Waals surface area contributed by atoms with Gasteiger partial charge in [-0.15, -0.1) is 0 Å². The van der Waals surface area contributed by atoms with Crippen molar-refractivity contribution in [2.45, 2.75) is 30.3 Å². The molecule has 0 radical (unpaired) electrons. The summed E-state index contributed by atoms with van der Waals surface area (Å²) in [7, 11) is -2.86. The van der Waals surface area contributed by atoms with Gasteiger partial charge in [-0.05, 0) is 53.9 Å². The molecule has 0 saturated carbocycles. The van der Waals surface area contributed by atoms with E-state index in [1.807, 2.05) is 0 Å². The summed E-state index contributed by atoms with van der Waals surface area (Å²) in [5.41, 5.74) is 3.97. The lowest BCUT2D eigenvalue weighted by Crippen LogP contribution is -2.40. The largest absolute Gasteiger partial charge is 0.494 e. The summed E-state index contributed by atoms with van der Waals surface area (Å²) in [5.74, 6) is -8.94. The number of ether oxygens (including phenoxy) is 1. The lowest BCUT2D eigenvalue weighted by Gasteiger charge is -2.32. The maximum Gasteiger partial charge on any atom is 0.309 e. The van der Waals surface area contributed by atoms with Crippen LogP contribution in [0.4, 0.5) is 24.5 Å². The van der Waals surface area contributed by atoms with E-state index >= 15 is 4.39 Å². The first kappa shape index (κ1) is 33.8. The number of hydrogen-bond donors (Lipinski definition) is 4. The smallest absolute Gasteiger partial charge is 0.309 e. The molecule has 4 rings (SSSR count). The quantitative estimate of drug-likeness (QED) is 0.253. The van der Waals surface area contributed by atoms with Crippen molar-refractivity contribution < 1.29 is 50.6 Å². The molecule has 16 heteroatoms. The van der Waals surface area contributed by atoms with E-state index in [-0.39, 0.29) is 40.4 Å². The molecule has 12 nitrogen and oxygen atoms in total. The Kier molecular flexibility index (Phi) is 9.60. The molecule has 3 amide bonds. The summed E-state index contributed by atoms with van der Waals surface area (Å²) in [6.07, 6.45) is 0.763. The minimum absolute atomic E-state index is 0.0135. The van der Waals surface area contributed by atoms with Gasteiger partial charge in [0.2, 0.25) is 11.8 Å². The van der Waals surface area contributed by atoms with E-state index in [0.717, 1.165) is 36.5 Å². The molecule has 0 bridgehead atoms. The Morgan fingerprint density at radius 2 is 1.72 bits per heavy atom. The number of amides is 3. The number of aliphatic carboxylic acids is 1. The van der Waals surface area contributed by atoms with Crippen molar-refractivity contribution in [3.8, 4) is 5.75 Å². The second kappa shape index (κ2) is 13.1. The minimum atomic E-state index is -4.02. The van der Waals surface area contributed by atoms with Crippen molar-refractivity contribution in [3.63, 3.8) is 0 Å². The number of nitrogens with two attached hydrogens (primary N) is 1. The number of anilines is 2. The number of nitrogens with one attached hydrogen (secondary N) is 2. The fraction of sp³-hybridized carbons (Fsp3) is 0.267. The van der Waals surface area contributed by atoms with Crippen LogP contribution in [0.1, 0.15) is 46.9 Å². The van der Waals surface area contributed by atoms with Crippen molar-refractivity contribution in [1.82, 2.24) is 4.90 Å². The number of nitrogens with zero attached hydrogens (tertiary/aromatic N) is 1. The molecule has 3 atom stereocenters. The normalized spacial score (nSPS) is 16.9. The first-order chi connectivity index (χ1) is 21.5. The predicted octanol–water partition coefficient (Wildman–Crippen LogP) is 3.40. The highest BCUT2D eigenvalue weighted by Crippen LogP contribution is 2.43. The van der Waals surface area contributed by atoms with Gasteiger partial charge in [0.05, 0.1) is 35.2 Å². The van der Waals surface area contributed by atoms with E-state index < -0.39 is 80.2 Å². The van der Waals surface area contributed by atoms with Crippen LogP contribution >= 0.6 is 0 Å². The van der Waals surface area contributed by atoms with E-state index in [0.29, 0.717) is 6.07 Å². The molecule has 1 aliphatic heterocycles. The van der Waals surface area contributed by atoms with Gasteiger partial charge in [-0.25, -0.2) is 21.6 Å². The summed E-state index contributed by atoms with van der Waals surface area (Å²) >= 11 is 0. The average Bonchev–Trinajstić information content (AvgIpc) is 3.41. The standard InChI is InChI=1S/C30H29F3N4O8S/c1-14(38)35-16-5-7-25(46(3,43)44)19(11-16)27-17(30(41)42)8-9-37(27)29(40)26(15-4-6-20(31)24(10-15)45-2)36-23-12-18(28(34)39)21(32)13-22(23)33/h4-7,10-13,17,26-27,36H,8-9H2,1-3H3,(H2,34,39)(H,35,38)(H,41,42)/t17-,26+,27+/m0/s1. The van der Waals surface area contributed by atoms with Crippen LogP contribution < -0.4 is 21.1 Å². The molecule has 1 fully saturated rings. The first-order valence-electron chi connectivity index (χ1n) is 13.6. The summed E-state index contributed by atoms with van der Waals surface area (Å²) < 4.78 is 74.4. The Morgan fingerprint density at radius 1 is 1.02 bits per heavy atom. The number of halogens is 3. The SMILES string of the molecule is COc1cc([C@@H](Nc2cc(C(N)=O)c(F)cc2F)C(=O)N2CC[C@H](C(=O)O)[C@@H]2c2cc(NC(C)=O)ccc2S(C)(=O)=O)ccc1F. The molecule has 1 saturated heterocycles. The lowest BCUT2D eigenvalue weighted by molar-refractivity contribution is -0.143. The van der Waals surface area contributed by atoms with Gasteiger partial charge in [-0.2, -0.15) is 0 Å².